The number of rotatable bonds is 6. The average molecular weight is 686 g/mol. The Morgan fingerprint density at radius 3 is 2.52 bits per heavy atom. The van der Waals surface area contributed by atoms with Crippen molar-refractivity contribution in [3.8, 4) is 10.4 Å². The minimum absolute atomic E-state index is 0.0214. The number of amides is 3. The first-order chi connectivity index (χ1) is 24.4. The van der Waals surface area contributed by atoms with Crippen molar-refractivity contribution in [1.82, 2.24) is 10.3 Å². The number of allylic oxidation sites excluding steroid dienone is 2. The fourth-order valence-corrected chi connectivity index (χ4v) is 8.61. The Morgan fingerprint density at radius 1 is 0.960 bits per heavy atom. The maximum Gasteiger partial charge on any atom is 0.259 e. The van der Waals surface area contributed by atoms with Crippen LogP contribution in [-0.2, 0) is 16.0 Å². The summed E-state index contributed by atoms with van der Waals surface area (Å²) in [6, 6.07) is 21.1. The molecule has 2 saturated heterocycles. The van der Waals surface area contributed by atoms with E-state index >= 15 is 0 Å². The van der Waals surface area contributed by atoms with Gasteiger partial charge in [-0.2, -0.15) is 0 Å². The zero-order valence-electron chi connectivity index (χ0n) is 28.0. The van der Waals surface area contributed by atoms with Crippen LogP contribution >= 0.6 is 11.3 Å². The number of thiophene rings is 1. The summed E-state index contributed by atoms with van der Waals surface area (Å²) in [5.74, 6) is 0.0476. The van der Waals surface area contributed by atoms with Crippen molar-refractivity contribution in [1.29, 1.82) is 0 Å². The van der Waals surface area contributed by atoms with Crippen LogP contribution in [0.15, 0.2) is 96.9 Å². The molecule has 4 aromatic rings. The summed E-state index contributed by atoms with van der Waals surface area (Å²) < 4.78 is 5.57. The van der Waals surface area contributed by atoms with Crippen molar-refractivity contribution < 1.29 is 19.1 Å². The Balaban J connectivity index is 0.937. The van der Waals surface area contributed by atoms with Gasteiger partial charge < -0.3 is 25.2 Å². The summed E-state index contributed by atoms with van der Waals surface area (Å²) in [6.07, 6.45) is 10.7. The molecule has 2 aromatic carbocycles. The number of anilines is 3. The minimum Gasteiger partial charge on any atom is -0.381 e. The summed E-state index contributed by atoms with van der Waals surface area (Å²) in [6.45, 7) is 5.84. The van der Waals surface area contributed by atoms with Gasteiger partial charge in [-0.15, -0.1) is 11.3 Å². The highest BCUT2D eigenvalue weighted by molar-refractivity contribution is 7.19. The van der Waals surface area contributed by atoms with Crippen molar-refractivity contribution in [2.45, 2.75) is 32.6 Å². The van der Waals surface area contributed by atoms with Gasteiger partial charge in [-0.3, -0.25) is 14.4 Å². The van der Waals surface area contributed by atoms with Gasteiger partial charge >= 0.3 is 0 Å². The number of nitrogens with zero attached hydrogens (tertiary/aromatic N) is 3. The second-order valence-corrected chi connectivity index (χ2v) is 14.8. The molecule has 8 rings (SSSR count). The molecule has 4 aliphatic rings. The third-order valence-corrected chi connectivity index (χ3v) is 11.3. The van der Waals surface area contributed by atoms with E-state index < -0.39 is 0 Å². The fraction of sp³-hybridized carbons (Fsp3) is 0.300. The van der Waals surface area contributed by atoms with Crippen LogP contribution in [0.25, 0.3) is 10.4 Å². The smallest absolute Gasteiger partial charge is 0.259 e. The van der Waals surface area contributed by atoms with Gasteiger partial charge in [0.05, 0.1) is 22.2 Å². The Labute approximate surface area is 295 Å². The molecule has 1 atom stereocenters. The molecule has 254 valence electrons. The highest BCUT2D eigenvalue weighted by Gasteiger charge is 2.45. The molecule has 2 fully saturated rings. The number of carbonyl (C=O) groups excluding carboxylic acids is 3. The molecule has 50 heavy (non-hydrogen) atoms. The van der Waals surface area contributed by atoms with Crippen LogP contribution in [0.1, 0.15) is 51.1 Å². The molecule has 2 aromatic heterocycles. The first kappa shape index (κ1) is 32.2. The summed E-state index contributed by atoms with van der Waals surface area (Å²) in [5.41, 5.74) is 6.00. The van der Waals surface area contributed by atoms with Crippen LogP contribution in [0.3, 0.4) is 0 Å². The lowest BCUT2D eigenvalue weighted by atomic mass is 9.73. The normalized spacial score (nSPS) is 19.1. The number of fused-ring (bicyclic) bond motifs is 3. The Bertz CT molecular complexity index is 2020. The average Bonchev–Trinajstić information content (AvgIpc) is 3.47. The van der Waals surface area contributed by atoms with Gasteiger partial charge in [0.25, 0.3) is 11.8 Å². The number of pyridine rings is 1. The van der Waals surface area contributed by atoms with E-state index in [1.165, 1.54) is 11.3 Å². The van der Waals surface area contributed by atoms with Gasteiger partial charge in [-0.05, 0) is 80.1 Å². The van der Waals surface area contributed by atoms with E-state index in [9.17, 15) is 14.4 Å². The Kier molecular flexibility index (Phi) is 8.58. The van der Waals surface area contributed by atoms with Gasteiger partial charge in [0.1, 0.15) is 5.82 Å². The standard InChI is InChI=1S/C40H39N5O4S/c1-26-21-32(36(41-23-26)44-24-40(25-44)16-19-49-20-17-40)38(47)42-30-13-11-28(12-14-30)39(48)45-18-15-29-22-34(43-37(46)27-7-3-2-4-8-27)50-35(29)31-9-5-6-10-33(31)45/h2-11,13-14,21-23,28H,12,15-20,24-25H2,1H3,(H,42,47)(H,43,46). The molecular formula is C40H39N5O4S. The molecule has 2 N–H and O–H groups in total. The van der Waals surface area contributed by atoms with E-state index in [1.54, 1.807) is 12.1 Å². The molecule has 3 aliphatic heterocycles. The van der Waals surface area contributed by atoms with Gasteiger partial charge in [0, 0.05) is 66.2 Å². The van der Waals surface area contributed by atoms with Crippen molar-refractivity contribution in [2.75, 3.05) is 48.0 Å². The summed E-state index contributed by atoms with van der Waals surface area (Å²) >= 11 is 1.54. The SMILES string of the molecule is Cc1cnc(N2CC3(CCOCC3)C2)c(C(=O)NC2=CCC(C(=O)N3CCc4cc(NC(=O)c5ccccc5)sc4-c4ccccc43)C=C2)c1. The van der Waals surface area contributed by atoms with E-state index in [1.807, 2.05) is 90.8 Å². The number of para-hydroxylation sites is 1. The molecule has 5 heterocycles. The van der Waals surface area contributed by atoms with Crippen LogP contribution in [-0.4, -0.2) is 55.6 Å². The number of nitrogens with one attached hydrogen (secondary N) is 2. The van der Waals surface area contributed by atoms with E-state index in [2.05, 4.69) is 20.5 Å². The zero-order valence-corrected chi connectivity index (χ0v) is 28.8. The monoisotopic (exact) mass is 685 g/mol. The third-order valence-electron chi connectivity index (χ3n) is 10.2. The van der Waals surface area contributed by atoms with Gasteiger partial charge in [0.2, 0.25) is 5.91 Å². The summed E-state index contributed by atoms with van der Waals surface area (Å²) in [5, 5.41) is 6.91. The van der Waals surface area contributed by atoms with Crippen LogP contribution < -0.4 is 20.4 Å². The molecule has 1 spiro atoms. The first-order valence-corrected chi connectivity index (χ1v) is 18.1. The quantitative estimate of drug-likeness (QED) is 0.232. The number of hydrogen-bond acceptors (Lipinski definition) is 7. The second kappa shape index (κ2) is 13.3. The maximum absolute atomic E-state index is 14.1. The highest BCUT2D eigenvalue weighted by atomic mass is 32.1. The van der Waals surface area contributed by atoms with Crippen molar-refractivity contribution >= 4 is 45.6 Å². The number of ether oxygens (including phenoxy) is 1. The molecule has 0 bridgehead atoms. The van der Waals surface area contributed by atoms with E-state index in [0.29, 0.717) is 36.2 Å². The number of aromatic nitrogens is 1. The largest absolute Gasteiger partial charge is 0.381 e. The van der Waals surface area contributed by atoms with Crippen molar-refractivity contribution in [3.63, 3.8) is 0 Å². The van der Waals surface area contributed by atoms with Gasteiger partial charge in [0.15, 0.2) is 0 Å². The number of benzene rings is 2. The summed E-state index contributed by atoms with van der Waals surface area (Å²) in [4.78, 5) is 50.3. The molecule has 0 radical (unpaired) electrons. The Hall–Kier alpha value is -5.06. The molecule has 1 aliphatic carbocycles. The topological polar surface area (TPSA) is 104 Å². The number of aryl methyl sites for hydroxylation is 1. The predicted molar refractivity (Wildman–Crippen MR) is 197 cm³/mol. The maximum atomic E-state index is 14.1. The van der Waals surface area contributed by atoms with Crippen LogP contribution in [0.5, 0.6) is 0 Å². The Morgan fingerprint density at radius 2 is 1.74 bits per heavy atom. The number of hydrogen-bond donors (Lipinski definition) is 2. The molecular weight excluding hydrogens is 647 g/mol. The predicted octanol–water partition coefficient (Wildman–Crippen LogP) is 6.77. The minimum atomic E-state index is -0.353. The van der Waals surface area contributed by atoms with Gasteiger partial charge in [-0.25, -0.2) is 4.98 Å². The summed E-state index contributed by atoms with van der Waals surface area (Å²) in [7, 11) is 0. The van der Waals surface area contributed by atoms with Crippen LogP contribution in [0.2, 0.25) is 0 Å². The third kappa shape index (κ3) is 6.25. The molecule has 9 nitrogen and oxygen atoms in total. The molecule has 1 unspecified atom stereocenters. The number of carbonyl (C=O) groups is 3. The van der Waals surface area contributed by atoms with Gasteiger partial charge in [-0.1, -0.05) is 48.6 Å². The lowest BCUT2D eigenvalue weighted by Crippen LogP contribution is -2.59. The molecule has 3 amide bonds. The zero-order chi connectivity index (χ0) is 34.2. The van der Waals surface area contributed by atoms with E-state index in [4.69, 9.17) is 4.74 Å². The van der Waals surface area contributed by atoms with Crippen LogP contribution in [0.4, 0.5) is 16.5 Å². The molecule has 0 saturated carbocycles. The molecule has 10 heteroatoms. The van der Waals surface area contributed by atoms with Crippen molar-refractivity contribution in [3.05, 3.63) is 119 Å². The first-order valence-electron chi connectivity index (χ1n) is 17.2. The van der Waals surface area contributed by atoms with E-state index in [-0.39, 0.29) is 29.1 Å². The lowest BCUT2D eigenvalue weighted by molar-refractivity contribution is -0.121. The second-order valence-electron chi connectivity index (χ2n) is 13.7. The van der Waals surface area contributed by atoms with E-state index in [0.717, 1.165) is 77.2 Å². The highest BCUT2D eigenvalue weighted by Crippen LogP contribution is 2.44. The van der Waals surface area contributed by atoms with Crippen LogP contribution in [0, 0.1) is 18.3 Å². The fourth-order valence-electron chi connectivity index (χ4n) is 7.47. The lowest BCUT2D eigenvalue weighted by Gasteiger charge is -2.53. The van der Waals surface area contributed by atoms with Crippen molar-refractivity contribution in [2.24, 2.45) is 11.3 Å².